The van der Waals surface area contributed by atoms with Gasteiger partial charge in [-0.2, -0.15) is 5.10 Å². The van der Waals surface area contributed by atoms with Gasteiger partial charge >= 0.3 is 0 Å². The average molecular weight is 484 g/mol. The van der Waals surface area contributed by atoms with Gasteiger partial charge in [-0.3, -0.25) is 9.89 Å². The molecule has 1 aliphatic rings. The third-order valence-electron chi connectivity index (χ3n) is 6.90. The van der Waals surface area contributed by atoms with Crippen LogP contribution in [0.2, 0.25) is 0 Å². The maximum absolute atomic E-state index is 12.6. The van der Waals surface area contributed by atoms with E-state index in [0.29, 0.717) is 17.8 Å². The Balaban J connectivity index is 1.21. The number of nitrogens with zero attached hydrogens (tertiary/aromatic N) is 7. The summed E-state index contributed by atoms with van der Waals surface area (Å²) >= 11 is 0. The second kappa shape index (κ2) is 9.19. The van der Waals surface area contributed by atoms with Gasteiger partial charge in [0.1, 0.15) is 11.3 Å². The molecule has 10 nitrogen and oxygen atoms in total. The van der Waals surface area contributed by atoms with Crippen molar-refractivity contribution in [3.05, 3.63) is 65.9 Å². The molecular weight excluding hydrogens is 454 g/mol. The van der Waals surface area contributed by atoms with Gasteiger partial charge < -0.3 is 14.6 Å². The smallest absolute Gasteiger partial charge is 0.253 e. The standard InChI is InChI=1S/C26H29N9O/c1-33(2)26(36)19-8-21(22-12-28-30-23(22)9-19)24-16-35(32-31-24)15-20-14-34-13-18(6-7-25(34)29-20)11-27-10-17-4-3-5-17/h6-9,12-14,16-17,27H,3-5,10-11,15H2,1-2H3,(H,28,30). The zero-order valence-corrected chi connectivity index (χ0v) is 20.5. The topological polar surface area (TPSA) is 109 Å². The maximum Gasteiger partial charge on any atom is 0.253 e. The molecule has 0 saturated heterocycles. The lowest BCUT2D eigenvalue weighted by molar-refractivity contribution is 0.0828. The number of hydrogen-bond donors (Lipinski definition) is 2. The van der Waals surface area contributed by atoms with Crippen molar-refractivity contribution in [3.8, 4) is 11.3 Å². The first-order valence-corrected chi connectivity index (χ1v) is 12.3. The molecule has 4 heterocycles. The minimum atomic E-state index is -0.0811. The van der Waals surface area contributed by atoms with Crippen LogP contribution in [0.3, 0.4) is 0 Å². The summed E-state index contributed by atoms with van der Waals surface area (Å²) < 4.78 is 3.84. The zero-order valence-electron chi connectivity index (χ0n) is 20.5. The number of carbonyl (C=O) groups excluding carboxylic acids is 1. The summed E-state index contributed by atoms with van der Waals surface area (Å²) in [5, 5.41) is 20.3. The van der Waals surface area contributed by atoms with Crippen LogP contribution in [0.1, 0.15) is 40.9 Å². The van der Waals surface area contributed by atoms with Gasteiger partial charge in [-0.05, 0) is 49.1 Å². The van der Waals surface area contributed by atoms with Crippen LogP contribution in [0.25, 0.3) is 27.8 Å². The molecule has 10 heteroatoms. The number of fused-ring (bicyclic) bond motifs is 2. The molecule has 1 aliphatic carbocycles. The molecule has 1 amide bonds. The number of rotatable bonds is 8. The predicted octanol–water partition coefficient (Wildman–Crippen LogP) is 3.11. The van der Waals surface area contributed by atoms with Gasteiger partial charge in [0.25, 0.3) is 5.91 Å². The van der Waals surface area contributed by atoms with Crippen LogP contribution in [0, 0.1) is 5.92 Å². The molecule has 5 aromatic rings. The molecule has 0 atom stereocenters. The molecule has 1 saturated carbocycles. The maximum atomic E-state index is 12.6. The van der Waals surface area contributed by atoms with Crippen molar-refractivity contribution < 1.29 is 4.79 Å². The monoisotopic (exact) mass is 483 g/mol. The zero-order chi connectivity index (χ0) is 24.6. The number of aromatic nitrogens is 7. The lowest BCUT2D eigenvalue weighted by atomic mass is 9.85. The highest BCUT2D eigenvalue weighted by molar-refractivity contribution is 6.02. The number of pyridine rings is 1. The number of carbonyl (C=O) groups is 1. The second-order valence-corrected chi connectivity index (χ2v) is 9.82. The predicted molar refractivity (Wildman–Crippen MR) is 136 cm³/mol. The summed E-state index contributed by atoms with van der Waals surface area (Å²) in [6.07, 6.45) is 11.9. The van der Waals surface area contributed by atoms with E-state index < -0.39 is 0 Å². The molecular formula is C26H29N9O. The van der Waals surface area contributed by atoms with E-state index in [1.54, 1.807) is 29.9 Å². The molecule has 0 unspecified atom stereocenters. The Kier molecular flexibility index (Phi) is 5.73. The Labute approximate surface area is 208 Å². The third-order valence-corrected chi connectivity index (χ3v) is 6.90. The third kappa shape index (κ3) is 4.35. The highest BCUT2D eigenvalue weighted by Crippen LogP contribution is 2.28. The first kappa shape index (κ1) is 22.4. The Bertz CT molecular complexity index is 1540. The Morgan fingerprint density at radius 1 is 1.19 bits per heavy atom. The van der Waals surface area contributed by atoms with Crippen LogP contribution < -0.4 is 5.32 Å². The fourth-order valence-electron chi connectivity index (χ4n) is 4.70. The van der Waals surface area contributed by atoms with Crippen molar-refractivity contribution >= 4 is 22.5 Å². The van der Waals surface area contributed by atoms with Crippen LogP contribution in [0.4, 0.5) is 0 Å². The van der Waals surface area contributed by atoms with Crippen molar-refractivity contribution in [1.82, 2.24) is 44.8 Å². The SMILES string of the molecule is CN(C)C(=O)c1cc(-c2cn(Cc3cn4cc(CNCC5CCC5)ccc4n3)nn2)c2cn[nH]c2c1. The van der Waals surface area contributed by atoms with Crippen LogP contribution in [-0.2, 0) is 13.1 Å². The largest absolute Gasteiger partial charge is 0.345 e. The minimum Gasteiger partial charge on any atom is -0.345 e. The van der Waals surface area contributed by atoms with E-state index in [1.807, 2.05) is 24.5 Å². The average Bonchev–Trinajstić information content (AvgIpc) is 3.58. The van der Waals surface area contributed by atoms with E-state index in [4.69, 9.17) is 4.98 Å². The molecule has 0 radical (unpaired) electrons. The quantitative estimate of drug-likeness (QED) is 0.351. The summed E-state index contributed by atoms with van der Waals surface area (Å²) in [4.78, 5) is 18.9. The van der Waals surface area contributed by atoms with Gasteiger partial charge in [-0.15, -0.1) is 5.10 Å². The summed E-state index contributed by atoms with van der Waals surface area (Å²) in [6.45, 7) is 2.46. The van der Waals surface area contributed by atoms with Crippen molar-refractivity contribution in [2.24, 2.45) is 5.92 Å². The van der Waals surface area contributed by atoms with Crippen LogP contribution >= 0.6 is 0 Å². The van der Waals surface area contributed by atoms with E-state index in [1.165, 1.54) is 24.8 Å². The summed E-state index contributed by atoms with van der Waals surface area (Å²) in [7, 11) is 3.47. The molecule has 0 aliphatic heterocycles. The molecule has 36 heavy (non-hydrogen) atoms. The summed E-state index contributed by atoms with van der Waals surface area (Å²) in [5.41, 5.74) is 5.89. The number of benzene rings is 1. The van der Waals surface area contributed by atoms with Crippen molar-refractivity contribution in [3.63, 3.8) is 0 Å². The lowest BCUT2D eigenvalue weighted by Crippen LogP contribution is -2.26. The van der Waals surface area contributed by atoms with Gasteiger partial charge in [0.15, 0.2) is 0 Å². The number of nitrogens with one attached hydrogen (secondary N) is 2. The Hall–Kier alpha value is -4.05. The molecule has 6 rings (SSSR count). The number of H-pyrrole nitrogens is 1. The van der Waals surface area contributed by atoms with E-state index in [-0.39, 0.29) is 5.91 Å². The highest BCUT2D eigenvalue weighted by atomic mass is 16.2. The second-order valence-electron chi connectivity index (χ2n) is 9.82. The van der Waals surface area contributed by atoms with Gasteiger partial charge in [-0.1, -0.05) is 17.7 Å². The molecule has 0 spiro atoms. The first-order chi connectivity index (χ1) is 17.5. The normalized spacial score (nSPS) is 13.9. The molecule has 184 valence electrons. The fraction of sp³-hybridized carbons (Fsp3) is 0.346. The minimum absolute atomic E-state index is 0.0811. The van der Waals surface area contributed by atoms with E-state index >= 15 is 0 Å². The van der Waals surface area contributed by atoms with Crippen LogP contribution in [0.5, 0.6) is 0 Å². The van der Waals surface area contributed by atoms with Gasteiger partial charge in [0.05, 0.1) is 30.1 Å². The fourth-order valence-corrected chi connectivity index (χ4v) is 4.70. The summed E-state index contributed by atoms with van der Waals surface area (Å²) in [5.74, 6) is 0.768. The Morgan fingerprint density at radius 3 is 2.89 bits per heavy atom. The molecule has 1 fully saturated rings. The van der Waals surface area contributed by atoms with Crippen molar-refractivity contribution in [2.45, 2.75) is 32.4 Å². The van der Waals surface area contributed by atoms with Crippen LogP contribution in [0.15, 0.2) is 49.1 Å². The van der Waals surface area contributed by atoms with E-state index in [0.717, 1.165) is 46.8 Å². The van der Waals surface area contributed by atoms with E-state index in [2.05, 4.69) is 48.6 Å². The first-order valence-electron chi connectivity index (χ1n) is 12.3. The van der Waals surface area contributed by atoms with Gasteiger partial charge in [-0.25, -0.2) is 9.67 Å². The molecule has 2 N–H and O–H groups in total. The van der Waals surface area contributed by atoms with Gasteiger partial charge in [0.2, 0.25) is 0 Å². The van der Waals surface area contributed by atoms with Gasteiger partial charge in [0, 0.05) is 49.5 Å². The van der Waals surface area contributed by atoms with Crippen LogP contribution in [-0.4, -0.2) is 66.0 Å². The summed E-state index contributed by atoms with van der Waals surface area (Å²) in [6, 6.07) is 7.84. The van der Waals surface area contributed by atoms with Crippen molar-refractivity contribution in [2.75, 3.05) is 20.6 Å². The number of aromatic amines is 1. The Morgan fingerprint density at radius 2 is 2.08 bits per heavy atom. The number of amides is 1. The number of imidazole rings is 1. The van der Waals surface area contributed by atoms with Crippen molar-refractivity contribution in [1.29, 1.82) is 0 Å². The highest BCUT2D eigenvalue weighted by Gasteiger charge is 2.17. The molecule has 0 bridgehead atoms. The number of hydrogen-bond acceptors (Lipinski definition) is 6. The lowest BCUT2D eigenvalue weighted by Gasteiger charge is -2.25. The van der Waals surface area contributed by atoms with E-state index in [9.17, 15) is 4.79 Å². The molecule has 1 aromatic carbocycles. The molecule has 4 aromatic heterocycles.